The van der Waals surface area contributed by atoms with Gasteiger partial charge in [0.1, 0.15) is 26.4 Å². The molecule has 6 nitrogen and oxygen atoms in total. The molecular weight excluding hydrogens is 370 g/mol. The van der Waals surface area contributed by atoms with Crippen LogP contribution in [-0.2, 0) is 4.79 Å². The van der Waals surface area contributed by atoms with Gasteiger partial charge in [-0.15, -0.1) is 0 Å². The monoisotopic (exact) mass is 395 g/mol. The molecule has 1 atom stereocenters. The van der Waals surface area contributed by atoms with E-state index in [4.69, 9.17) is 18.9 Å². The lowest BCUT2D eigenvalue weighted by Gasteiger charge is -2.25. The normalized spacial score (nSPS) is 16.0. The van der Waals surface area contributed by atoms with Crippen LogP contribution in [0.2, 0.25) is 0 Å². The van der Waals surface area contributed by atoms with Crippen molar-refractivity contribution in [3.05, 3.63) is 53.6 Å². The van der Waals surface area contributed by atoms with Crippen molar-refractivity contribution in [3.8, 4) is 23.0 Å². The Morgan fingerprint density at radius 3 is 2.10 bits per heavy atom. The van der Waals surface area contributed by atoms with Crippen molar-refractivity contribution in [1.29, 1.82) is 0 Å². The SMILES string of the molecule is CC(C)[C@H](NC(=O)/C=C/c1ccc2c(c1)OCCO2)c1ccc2c(c1)OCCO2. The molecule has 1 amide bonds. The van der Waals surface area contributed by atoms with E-state index in [2.05, 4.69) is 19.2 Å². The fourth-order valence-electron chi connectivity index (χ4n) is 3.43. The van der Waals surface area contributed by atoms with Crippen LogP contribution >= 0.6 is 0 Å². The van der Waals surface area contributed by atoms with Gasteiger partial charge >= 0.3 is 0 Å². The third kappa shape index (κ3) is 4.47. The van der Waals surface area contributed by atoms with Crippen LogP contribution in [0.15, 0.2) is 42.5 Å². The molecule has 4 rings (SSSR count). The van der Waals surface area contributed by atoms with E-state index in [0.717, 1.165) is 28.4 Å². The predicted octanol–water partition coefficient (Wildman–Crippen LogP) is 3.76. The molecule has 0 bridgehead atoms. The zero-order chi connectivity index (χ0) is 20.2. The van der Waals surface area contributed by atoms with E-state index < -0.39 is 0 Å². The number of ether oxygens (including phenoxy) is 4. The van der Waals surface area contributed by atoms with Gasteiger partial charge in [-0.3, -0.25) is 4.79 Å². The van der Waals surface area contributed by atoms with Gasteiger partial charge in [0.2, 0.25) is 5.91 Å². The summed E-state index contributed by atoms with van der Waals surface area (Å²) in [7, 11) is 0. The van der Waals surface area contributed by atoms with Gasteiger partial charge in [0.15, 0.2) is 23.0 Å². The van der Waals surface area contributed by atoms with Crippen molar-refractivity contribution in [2.24, 2.45) is 5.92 Å². The smallest absolute Gasteiger partial charge is 0.244 e. The van der Waals surface area contributed by atoms with Crippen molar-refractivity contribution in [1.82, 2.24) is 5.32 Å². The largest absolute Gasteiger partial charge is 0.486 e. The highest BCUT2D eigenvalue weighted by atomic mass is 16.6. The molecule has 2 aromatic rings. The van der Waals surface area contributed by atoms with Crippen LogP contribution in [0.25, 0.3) is 6.08 Å². The van der Waals surface area contributed by atoms with Gasteiger partial charge in [-0.1, -0.05) is 26.0 Å². The minimum Gasteiger partial charge on any atom is -0.486 e. The highest BCUT2D eigenvalue weighted by molar-refractivity contribution is 5.92. The van der Waals surface area contributed by atoms with E-state index in [9.17, 15) is 4.79 Å². The molecule has 0 saturated carbocycles. The summed E-state index contributed by atoms with van der Waals surface area (Å²) in [5, 5.41) is 3.09. The van der Waals surface area contributed by atoms with E-state index >= 15 is 0 Å². The molecule has 6 heteroatoms. The van der Waals surface area contributed by atoms with Gasteiger partial charge in [0.05, 0.1) is 6.04 Å². The van der Waals surface area contributed by atoms with Gasteiger partial charge in [-0.05, 0) is 47.4 Å². The van der Waals surface area contributed by atoms with E-state index in [1.165, 1.54) is 0 Å². The molecule has 2 heterocycles. The van der Waals surface area contributed by atoms with Gasteiger partial charge in [0.25, 0.3) is 0 Å². The fourth-order valence-corrected chi connectivity index (χ4v) is 3.43. The predicted molar refractivity (Wildman–Crippen MR) is 110 cm³/mol. The molecule has 0 aromatic heterocycles. The van der Waals surface area contributed by atoms with Crippen LogP contribution < -0.4 is 24.3 Å². The maximum Gasteiger partial charge on any atom is 0.244 e. The molecule has 1 N–H and O–H groups in total. The summed E-state index contributed by atoms with van der Waals surface area (Å²) in [6.07, 6.45) is 3.31. The van der Waals surface area contributed by atoms with Gasteiger partial charge in [-0.2, -0.15) is 0 Å². The highest BCUT2D eigenvalue weighted by Crippen LogP contribution is 2.34. The third-order valence-electron chi connectivity index (χ3n) is 4.88. The molecule has 0 aliphatic carbocycles. The number of carbonyl (C=O) groups is 1. The van der Waals surface area contributed by atoms with Gasteiger partial charge < -0.3 is 24.3 Å². The maximum atomic E-state index is 12.6. The Labute approximate surface area is 170 Å². The first-order valence-corrected chi connectivity index (χ1v) is 9.88. The van der Waals surface area contributed by atoms with Crippen LogP contribution in [0.5, 0.6) is 23.0 Å². The number of hydrogen-bond donors (Lipinski definition) is 1. The number of rotatable bonds is 5. The molecule has 0 spiro atoms. The van der Waals surface area contributed by atoms with Gasteiger partial charge in [-0.25, -0.2) is 0 Å². The summed E-state index contributed by atoms with van der Waals surface area (Å²) in [6, 6.07) is 11.3. The zero-order valence-electron chi connectivity index (χ0n) is 16.6. The van der Waals surface area contributed by atoms with Crippen molar-refractivity contribution < 1.29 is 23.7 Å². The average Bonchev–Trinajstić information content (AvgIpc) is 2.75. The molecule has 29 heavy (non-hydrogen) atoms. The minimum atomic E-state index is -0.159. The molecule has 2 aliphatic heterocycles. The fraction of sp³-hybridized carbons (Fsp3) is 0.348. The molecule has 0 fully saturated rings. The van der Waals surface area contributed by atoms with Crippen LogP contribution in [0.4, 0.5) is 0 Å². The molecule has 0 radical (unpaired) electrons. The second-order valence-corrected chi connectivity index (χ2v) is 7.37. The third-order valence-corrected chi connectivity index (χ3v) is 4.88. The summed E-state index contributed by atoms with van der Waals surface area (Å²) < 4.78 is 22.4. The summed E-state index contributed by atoms with van der Waals surface area (Å²) >= 11 is 0. The van der Waals surface area contributed by atoms with Crippen molar-refractivity contribution in [2.45, 2.75) is 19.9 Å². The molecule has 152 valence electrons. The first kappa shape index (κ1) is 19.2. The first-order chi connectivity index (χ1) is 14.1. The second kappa shape index (κ2) is 8.47. The summed E-state index contributed by atoms with van der Waals surface area (Å²) in [5.74, 6) is 2.96. The molecular formula is C23H25NO5. The lowest BCUT2D eigenvalue weighted by Crippen LogP contribution is -2.30. The van der Waals surface area contributed by atoms with E-state index in [-0.39, 0.29) is 17.9 Å². The second-order valence-electron chi connectivity index (χ2n) is 7.37. The Balaban J connectivity index is 1.46. The van der Waals surface area contributed by atoms with Crippen LogP contribution in [0, 0.1) is 5.92 Å². The van der Waals surface area contributed by atoms with Crippen molar-refractivity contribution in [2.75, 3.05) is 26.4 Å². The summed E-state index contributed by atoms with van der Waals surface area (Å²) in [5.41, 5.74) is 1.87. The quantitative estimate of drug-likeness (QED) is 0.781. The molecule has 2 aromatic carbocycles. The van der Waals surface area contributed by atoms with Crippen LogP contribution in [-0.4, -0.2) is 32.3 Å². The van der Waals surface area contributed by atoms with E-state index in [1.807, 2.05) is 36.4 Å². The molecule has 2 aliphatic rings. The van der Waals surface area contributed by atoms with Crippen LogP contribution in [0.1, 0.15) is 31.0 Å². The van der Waals surface area contributed by atoms with E-state index in [1.54, 1.807) is 12.2 Å². The number of carbonyl (C=O) groups excluding carboxylic acids is 1. The number of fused-ring (bicyclic) bond motifs is 2. The average molecular weight is 395 g/mol. The Morgan fingerprint density at radius 1 is 0.862 bits per heavy atom. The standard InChI is InChI=1S/C23H25NO5/c1-15(2)23(17-5-7-19-21(14-17)29-12-10-27-19)24-22(25)8-4-16-3-6-18-20(13-16)28-11-9-26-18/h3-8,13-15,23H,9-12H2,1-2H3,(H,24,25)/b8-4+/t23-/m0/s1. The Morgan fingerprint density at radius 2 is 1.45 bits per heavy atom. The zero-order valence-corrected chi connectivity index (χ0v) is 16.6. The lowest BCUT2D eigenvalue weighted by atomic mass is 9.95. The van der Waals surface area contributed by atoms with E-state index in [0.29, 0.717) is 32.2 Å². The Hall–Kier alpha value is -3.15. The van der Waals surface area contributed by atoms with Crippen molar-refractivity contribution in [3.63, 3.8) is 0 Å². The molecule has 0 saturated heterocycles. The molecule has 0 unspecified atom stereocenters. The first-order valence-electron chi connectivity index (χ1n) is 9.88. The van der Waals surface area contributed by atoms with Crippen molar-refractivity contribution >= 4 is 12.0 Å². The highest BCUT2D eigenvalue weighted by Gasteiger charge is 2.21. The number of benzene rings is 2. The maximum absolute atomic E-state index is 12.6. The summed E-state index contributed by atoms with van der Waals surface area (Å²) in [4.78, 5) is 12.6. The number of nitrogens with one attached hydrogen (secondary N) is 1. The number of hydrogen-bond acceptors (Lipinski definition) is 5. The number of amides is 1. The Kier molecular flexibility index (Phi) is 5.60. The summed E-state index contributed by atoms with van der Waals surface area (Å²) in [6.45, 7) is 6.33. The minimum absolute atomic E-state index is 0.136. The Bertz CT molecular complexity index is 921. The van der Waals surface area contributed by atoms with Crippen LogP contribution in [0.3, 0.4) is 0 Å². The van der Waals surface area contributed by atoms with Gasteiger partial charge in [0, 0.05) is 6.08 Å². The lowest BCUT2D eigenvalue weighted by molar-refractivity contribution is -0.117. The topological polar surface area (TPSA) is 66.0 Å².